The standard InChI is InChI=1S/C58H34N4S/c1-3-16-35(17-4-1)55-59-56(36-18-5-2-6-19-36)61-57(60-55)42-24-14-26-46-52(42)43-34-37(38-22-15-31-51-53(38)41-21-8-12-30-50(41)63-51)32-33-44(43)58(46)45-25-9-11-29-49(45)62-48-28-10-7-20-39(48)40-23-13-27-47(58)54(40)62/h1-34H. The summed E-state index contributed by atoms with van der Waals surface area (Å²) in [6.45, 7) is 0. The third kappa shape index (κ3) is 4.72. The van der Waals surface area contributed by atoms with Crippen molar-refractivity contribution in [3.05, 3.63) is 229 Å². The lowest BCUT2D eigenvalue weighted by atomic mass is 9.65. The predicted octanol–water partition coefficient (Wildman–Crippen LogP) is 14.7. The number of thiophene rings is 1. The first-order chi connectivity index (χ1) is 31.3. The van der Waals surface area contributed by atoms with Crippen LogP contribution in [0.5, 0.6) is 0 Å². The first-order valence-electron chi connectivity index (χ1n) is 21.4. The number of hydrogen-bond donors (Lipinski definition) is 0. The van der Waals surface area contributed by atoms with E-state index in [-0.39, 0.29) is 0 Å². The molecule has 0 saturated heterocycles. The molecule has 4 nitrogen and oxygen atoms in total. The maximum atomic E-state index is 5.35. The van der Waals surface area contributed by atoms with Gasteiger partial charge >= 0.3 is 0 Å². The van der Waals surface area contributed by atoms with Crippen LogP contribution >= 0.6 is 11.3 Å². The van der Waals surface area contributed by atoms with Crippen molar-refractivity contribution in [2.24, 2.45) is 0 Å². The van der Waals surface area contributed by atoms with E-state index in [1.807, 2.05) is 47.7 Å². The minimum atomic E-state index is -0.641. The molecule has 2 aliphatic rings. The Bertz CT molecular complexity index is 3810. The van der Waals surface area contributed by atoms with Crippen LogP contribution in [0.2, 0.25) is 0 Å². The van der Waals surface area contributed by atoms with E-state index in [0.29, 0.717) is 17.5 Å². The van der Waals surface area contributed by atoms with Crippen LogP contribution in [0.15, 0.2) is 206 Å². The summed E-state index contributed by atoms with van der Waals surface area (Å²) in [4.78, 5) is 15.8. The smallest absolute Gasteiger partial charge is 0.164 e. The third-order valence-electron chi connectivity index (χ3n) is 13.5. The highest BCUT2D eigenvalue weighted by atomic mass is 32.1. The van der Waals surface area contributed by atoms with E-state index in [1.165, 1.54) is 86.6 Å². The first-order valence-corrected chi connectivity index (χ1v) is 22.3. The number of aromatic nitrogens is 4. The van der Waals surface area contributed by atoms with Crippen LogP contribution in [0.1, 0.15) is 22.3 Å². The van der Waals surface area contributed by atoms with Gasteiger partial charge in [0.25, 0.3) is 0 Å². The van der Waals surface area contributed by atoms with Gasteiger partial charge in [-0.15, -0.1) is 11.3 Å². The second-order valence-electron chi connectivity index (χ2n) is 16.6. The molecule has 0 N–H and O–H groups in total. The molecule has 1 unspecified atom stereocenters. The maximum Gasteiger partial charge on any atom is 0.164 e. The zero-order chi connectivity index (χ0) is 41.2. The molecule has 9 aromatic carbocycles. The van der Waals surface area contributed by atoms with Crippen molar-refractivity contribution in [1.82, 2.24) is 19.5 Å². The number of rotatable bonds is 4. The third-order valence-corrected chi connectivity index (χ3v) is 14.6. The highest BCUT2D eigenvalue weighted by molar-refractivity contribution is 7.25. The lowest BCUT2D eigenvalue weighted by Crippen LogP contribution is -2.33. The molecule has 63 heavy (non-hydrogen) atoms. The Morgan fingerprint density at radius 3 is 1.81 bits per heavy atom. The van der Waals surface area contributed by atoms with E-state index < -0.39 is 5.41 Å². The molecule has 1 aliphatic heterocycles. The van der Waals surface area contributed by atoms with E-state index in [4.69, 9.17) is 15.0 Å². The van der Waals surface area contributed by atoms with Crippen molar-refractivity contribution < 1.29 is 0 Å². The van der Waals surface area contributed by atoms with Crippen LogP contribution in [0, 0.1) is 0 Å². The maximum absolute atomic E-state index is 5.35. The lowest BCUT2D eigenvalue weighted by molar-refractivity contribution is 0.748. The molecule has 1 spiro atoms. The van der Waals surface area contributed by atoms with Crippen molar-refractivity contribution >= 4 is 53.3 Å². The Labute approximate surface area is 367 Å². The average molecular weight is 819 g/mol. The fraction of sp³-hybridized carbons (Fsp3) is 0.0172. The summed E-state index contributed by atoms with van der Waals surface area (Å²) in [5.74, 6) is 1.94. The van der Waals surface area contributed by atoms with Gasteiger partial charge in [0.05, 0.1) is 22.1 Å². The lowest BCUT2D eigenvalue weighted by Gasteiger charge is -2.39. The second-order valence-corrected chi connectivity index (χ2v) is 17.7. The SMILES string of the molecule is c1ccc(-c2nc(-c3ccccc3)nc(-c3cccc4c3-c3cc(-c5cccc6sc7ccccc7c56)ccc3C43c4ccccc4-n4c5ccccc5c5cccc3c54)n2)cc1. The molecule has 4 heterocycles. The molecule has 12 aromatic rings. The number of nitrogens with zero attached hydrogens (tertiary/aromatic N) is 4. The summed E-state index contributed by atoms with van der Waals surface area (Å²) >= 11 is 1.86. The van der Waals surface area contributed by atoms with Gasteiger partial charge in [0.15, 0.2) is 17.5 Å². The zero-order valence-electron chi connectivity index (χ0n) is 33.8. The summed E-state index contributed by atoms with van der Waals surface area (Å²) in [6, 6.07) is 74.9. The minimum absolute atomic E-state index is 0.641. The molecule has 0 radical (unpaired) electrons. The van der Waals surface area contributed by atoms with Crippen LogP contribution < -0.4 is 0 Å². The highest BCUT2D eigenvalue weighted by Crippen LogP contribution is 2.63. The Kier molecular flexibility index (Phi) is 7.16. The van der Waals surface area contributed by atoms with Gasteiger partial charge in [-0.05, 0) is 74.8 Å². The molecule has 1 aliphatic carbocycles. The molecular formula is C58H34N4S. The van der Waals surface area contributed by atoms with E-state index in [0.717, 1.165) is 22.3 Å². The van der Waals surface area contributed by atoms with E-state index in [2.05, 4.69) is 174 Å². The molecule has 0 amide bonds. The Balaban J connectivity index is 1.12. The quantitative estimate of drug-likeness (QED) is 0.178. The van der Waals surface area contributed by atoms with Gasteiger partial charge in [0.1, 0.15) is 0 Å². The number of hydrogen-bond acceptors (Lipinski definition) is 4. The van der Waals surface area contributed by atoms with Gasteiger partial charge in [-0.1, -0.05) is 176 Å². The zero-order valence-corrected chi connectivity index (χ0v) is 34.6. The van der Waals surface area contributed by atoms with E-state index >= 15 is 0 Å². The highest BCUT2D eigenvalue weighted by Gasteiger charge is 2.51. The Morgan fingerprint density at radius 2 is 0.984 bits per heavy atom. The van der Waals surface area contributed by atoms with Gasteiger partial charge in [0, 0.05) is 47.6 Å². The number of fused-ring (bicyclic) bond motifs is 15. The molecule has 0 fully saturated rings. The molecule has 0 saturated carbocycles. The normalized spacial score (nSPS) is 14.7. The second kappa shape index (κ2) is 13.0. The minimum Gasteiger partial charge on any atom is -0.309 e. The molecule has 0 bridgehead atoms. The summed E-state index contributed by atoms with van der Waals surface area (Å²) in [7, 11) is 0. The van der Waals surface area contributed by atoms with Crippen LogP contribution in [0.3, 0.4) is 0 Å². The Morgan fingerprint density at radius 1 is 0.381 bits per heavy atom. The monoisotopic (exact) mass is 818 g/mol. The molecule has 1 atom stereocenters. The summed E-state index contributed by atoms with van der Waals surface area (Å²) < 4.78 is 5.09. The van der Waals surface area contributed by atoms with E-state index in [1.54, 1.807) is 0 Å². The topological polar surface area (TPSA) is 43.6 Å². The largest absolute Gasteiger partial charge is 0.309 e. The van der Waals surface area contributed by atoms with Crippen LogP contribution in [-0.4, -0.2) is 19.5 Å². The summed E-state index contributed by atoms with van der Waals surface area (Å²) in [5, 5.41) is 5.10. The molecule has 292 valence electrons. The van der Waals surface area contributed by atoms with Gasteiger partial charge in [-0.2, -0.15) is 0 Å². The average Bonchev–Trinajstić information content (AvgIpc) is 4.01. The van der Waals surface area contributed by atoms with Crippen LogP contribution in [0.25, 0.3) is 104 Å². The van der Waals surface area contributed by atoms with Crippen molar-refractivity contribution in [3.63, 3.8) is 0 Å². The fourth-order valence-corrected chi connectivity index (χ4v) is 12.1. The Hall–Kier alpha value is -7.99. The first kappa shape index (κ1) is 34.7. The van der Waals surface area contributed by atoms with Crippen molar-refractivity contribution in [2.45, 2.75) is 5.41 Å². The van der Waals surface area contributed by atoms with Gasteiger partial charge < -0.3 is 4.57 Å². The van der Waals surface area contributed by atoms with Crippen LogP contribution in [0.4, 0.5) is 0 Å². The van der Waals surface area contributed by atoms with E-state index in [9.17, 15) is 0 Å². The summed E-state index contributed by atoms with van der Waals surface area (Å²) in [6.07, 6.45) is 0. The molecular weight excluding hydrogens is 785 g/mol. The fourth-order valence-electron chi connectivity index (χ4n) is 11.0. The van der Waals surface area contributed by atoms with Gasteiger partial charge in [-0.25, -0.2) is 15.0 Å². The van der Waals surface area contributed by atoms with Crippen molar-refractivity contribution in [3.8, 4) is 62.1 Å². The molecule has 14 rings (SSSR count). The van der Waals surface area contributed by atoms with Gasteiger partial charge in [-0.3, -0.25) is 0 Å². The summed E-state index contributed by atoms with van der Waals surface area (Å²) in [5.41, 5.74) is 15.7. The van der Waals surface area contributed by atoms with Crippen molar-refractivity contribution in [1.29, 1.82) is 0 Å². The predicted molar refractivity (Wildman–Crippen MR) is 260 cm³/mol. The van der Waals surface area contributed by atoms with Crippen molar-refractivity contribution in [2.75, 3.05) is 0 Å². The number of para-hydroxylation sites is 3. The number of benzene rings is 9. The molecule has 3 aromatic heterocycles. The van der Waals surface area contributed by atoms with Gasteiger partial charge in [0.2, 0.25) is 0 Å². The van der Waals surface area contributed by atoms with Crippen LogP contribution in [-0.2, 0) is 5.41 Å². The molecule has 5 heteroatoms.